The third-order valence-electron chi connectivity index (χ3n) is 4.08. The van der Waals surface area contributed by atoms with Crippen molar-refractivity contribution in [3.05, 3.63) is 97.2 Å². The minimum Gasteiger partial charge on any atom is -0.488 e. The number of amides is 1. The van der Waals surface area contributed by atoms with Crippen molar-refractivity contribution in [2.24, 2.45) is 5.10 Å². The van der Waals surface area contributed by atoms with E-state index in [0.29, 0.717) is 21.4 Å². The standard InChI is InChI=1S/C22H13BrCl2FN3O2/c23-16-3-6-21(31-12-14-2-4-17(24)9-19(14)25)15(8-16)11-28-29-22(30)18-5-1-13(10-27)7-20(18)26/h1-9,11H,12H2,(H,29,30)/b28-11-. The molecule has 0 aromatic heterocycles. The summed E-state index contributed by atoms with van der Waals surface area (Å²) in [5.74, 6) is -1.06. The van der Waals surface area contributed by atoms with Gasteiger partial charge in [0.15, 0.2) is 0 Å². The van der Waals surface area contributed by atoms with Crippen LogP contribution in [0, 0.1) is 17.1 Å². The fraction of sp³-hybridized carbons (Fsp3) is 0.0455. The van der Waals surface area contributed by atoms with Gasteiger partial charge in [0.2, 0.25) is 0 Å². The number of hydrazone groups is 1. The van der Waals surface area contributed by atoms with Gasteiger partial charge in [-0.25, -0.2) is 9.82 Å². The molecule has 3 aromatic carbocycles. The fourth-order valence-electron chi connectivity index (χ4n) is 2.54. The van der Waals surface area contributed by atoms with E-state index in [0.717, 1.165) is 16.1 Å². The Kier molecular flexibility index (Phi) is 7.64. The zero-order valence-electron chi connectivity index (χ0n) is 15.7. The molecule has 0 saturated heterocycles. The van der Waals surface area contributed by atoms with Crippen molar-refractivity contribution in [3.8, 4) is 11.8 Å². The van der Waals surface area contributed by atoms with Gasteiger partial charge in [-0.15, -0.1) is 0 Å². The van der Waals surface area contributed by atoms with Crippen molar-refractivity contribution >= 4 is 51.3 Å². The van der Waals surface area contributed by atoms with Crippen LogP contribution in [-0.4, -0.2) is 12.1 Å². The smallest absolute Gasteiger partial charge is 0.274 e. The maximum Gasteiger partial charge on any atom is 0.274 e. The van der Waals surface area contributed by atoms with Crippen LogP contribution in [0.15, 0.2) is 64.2 Å². The van der Waals surface area contributed by atoms with Gasteiger partial charge in [-0.05, 0) is 48.5 Å². The number of carbonyl (C=O) groups is 1. The molecular formula is C22H13BrCl2FN3O2. The summed E-state index contributed by atoms with van der Waals surface area (Å²) in [7, 11) is 0. The summed E-state index contributed by atoms with van der Waals surface area (Å²) >= 11 is 15.5. The first kappa shape index (κ1) is 22.8. The van der Waals surface area contributed by atoms with Gasteiger partial charge < -0.3 is 4.74 Å². The summed E-state index contributed by atoms with van der Waals surface area (Å²) in [5, 5.41) is 13.7. The van der Waals surface area contributed by atoms with E-state index < -0.39 is 11.7 Å². The van der Waals surface area contributed by atoms with Crippen LogP contribution in [0.25, 0.3) is 0 Å². The third-order valence-corrected chi connectivity index (χ3v) is 5.16. The molecule has 3 rings (SSSR count). The molecule has 0 fully saturated rings. The molecule has 0 aliphatic carbocycles. The Morgan fingerprint density at radius 3 is 2.71 bits per heavy atom. The Labute approximate surface area is 196 Å². The molecule has 3 aromatic rings. The molecule has 0 saturated carbocycles. The van der Waals surface area contributed by atoms with E-state index >= 15 is 0 Å². The monoisotopic (exact) mass is 519 g/mol. The number of rotatable bonds is 6. The van der Waals surface area contributed by atoms with Crippen LogP contribution in [0.5, 0.6) is 5.75 Å². The van der Waals surface area contributed by atoms with E-state index in [1.807, 2.05) is 0 Å². The van der Waals surface area contributed by atoms with Gasteiger partial charge >= 0.3 is 0 Å². The number of nitriles is 1. The Morgan fingerprint density at radius 2 is 2.00 bits per heavy atom. The second-order valence-electron chi connectivity index (χ2n) is 6.21. The summed E-state index contributed by atoms with van der Waals surface area (Å²) in [4.78, 5) is 12.2. The second-order valence-corrected chi connectivity index (χ2v) is 7.97. The van der Waals surface area contributed by atoms with E-state index in [1.54, 1.807) is 42.5 Å². The van der Waals surface area contributed by atoms with Crippen LogP contribution in [-0.2, 0) is 6.61 Å². The fourth-order valence-corrected chi connectivity index (χ4v) is 3.38. The molecule has 5 nitrogen and oxygen atoms in total. The number of hydrogen-bond acceptors (Lipinski definition) is 4. The van der Waals surface area contributed by atoms with Crippen LogP contribution >= 0.6 is 39.1 Å². The van der Waals surface area contributed by atoms with Gasteiger partial charge in [-0.1, -0.05) is 45.2 Å². The van der Waals surface area contributed by atoms with Crippen molar-refractivity contribution in [2.75, 3.05) is 0 Å². The van der Waals surface area contributed by atoms with Crippen molar-refractivity contribution in [1.29, 1.82) is 5.26 Å². The first-order valence-electron chi connectivity index (χ1n) is 8.76. The minimum absolute atomic E-state index is 0.120. The molecule has 9 heteroatoms. The molecule has 0 atom stereocenters. The highest BCUT2D eigenvalue weighted by Crippen LogP contribution is 2.26. The van der Waals surface area contributed by atoms with Crippen molar-refractivity contribution in [3.63, 3.8) is 0 Å². The normalized spacial score (nSPS) is 10.7. The molecule has 0 radical (unpaired) electrons. The summed E-state index contributed by atoms with van der Waals surface area (Å²) in [6, 6.07) is 15.8. The highest BCUT2D eigenvalue weighted by Gasteiger charge is 2.12. The molecule has 1 amide bonds. The number of nitrogens with zero attached hydrogens (tertiary/aromatic N) is 2. The SMILES string of the molecule is N#Cc1ccc(C(=O)N/N=C\c2cc(Br)ccc2OCc2ccc(Cl)cc2Cl)c(F)c1. The lowest BCUT2D eigenvalue weighted by atomic mass is 10.1. The first-order chi connectivity index (χ1) is 14.9. The average molecular weight is 521 g/mol. The number of ether oxygens (including phenoxy) is 1. The molecular weight excluding hydrogens is 508 g/mol. The number of carbonyl (C=O) groups excluding carboxylic acids is 1. The molecule has 0 bridgehead atoms. The molecule has 0 aliphatic rings. The number of hydrogen-bond donors (Lipinski definition) is 1. The van der Waals surface area contributed by atoms with Gasteiger partial charge in [-0.3, -0.25) is 4.79 Å². The Hall–Kier alpha value is -2.92. The predicted octanol–water partition coefficient (Wildman–Crippen LogP) is 6.11. The van der Waals surface area contributed by atoms with Gasteiger partial charge in [0, 0.05) is 25.6 Å². The Balaban J connectivity index is 1.72. The number of nitrogens with one attached hydrogen (secondary N) is 1. The van der Waals surface area contributed by atoms with E-state index in [9.17, 15) is 9.18 Å². The van der Waals surface area contributed by atoms with Gasteiger partial charge in [0.25, 0.3) is 5.91 Å². The molecule has 0 heterocycles. The largest absolute Gasteiger partial charge is 0.488 e. The number of halogens is 4. The first-order valence-corrected chi connectivity index (χ1v) is 10.3. The average Bonchev–Trinajstić information content (AvgIpc) is 2.74. The summed E-state index contributed by atoms with van der Waals surface area (Å²) < 4.78 is 20.6. The molecule has 0 spiro atoms. The lowest BCUT2D eigenvalue weighted by molar-refractivity contribution is 0.0951. The number of benzene rings is 3. The molecule has 0 unspecified atom stereocenters. The predicted molar refractivity (Wildman–Crippen MR) is 121 cm³/mol. The van der Waals surface area contributed by atoms with E-state index in [1.165, 1.54) is 18.3 Å². The quantitative estimate of drug-likeness (QED) is 0.314. The summed E-state index contributed by atoms with van der Waals surface area (Å²) in [6.07, 6.45) is 1.38. The third kappa shape index (κ3) is 6.05. The maximum absolute atomic E-state index is 14.0. The van der Waals surface area contributed by atoms with Crippen LogP contribution in [0.4, 0.5) is 4.39 Å². The van der Waals surface area contributed by atoms with Crippen LogP contribution < -0.4 is 10.2 Å². The van der Waals surface area contributed by atoms with Gasteiger partial charge in [-0.2, -0.15) is 10.4 Å². The highest BCUT2D eigenvalue weighted by molar-refractivity contribution is 9.10. The zero-order chi connectivity index (χ0) is 22.4. The lowest BCUT2D eigenvalue weighted by Crippen LogP contribution is -2.19. The minimum atomic E-state index is -0.807. The second kappa shape index (κ2) is 10.4. The highest BCUT2D eigenvalue weighted by atomic mass is 79.9. The molecule has 1 N–H and O–H groups in total. The Bertz CT molecular complexity index is 1210. The molecule has 156 valence electrons. The topological polar surface area (TPSA) is 74.5 Å². The van der Waals surface area contributed by atoms with E-state index in [2.05, 4.69) is 26.5 Å². The van der Waals surface area contributed by atoms with E-state index in [4.69, 9.17) is 33.2 Å². The van der Waals surface area contributed by atoms with Crippen LogP contribution in [0.1, 0.15) is 27.0 Å². The molecule has 0 aliphatic heterocycles. The van der Waals surface area contributed by atoms with Crippen LogP contribution in [0.2, 0.25) is 10.0 Å². The van der Waals surface area contributed by atoms with Crippen LogP contribution in [0.3, 0.4) is 0 Å². The summed E-state index contributed by atoms with van der Waals surface area (Å²) in [5.41, 5.74) is 3.48. The Morgan fingerprint density at radius 1 is 1.19 bits per heavy atom. The lowest BCUT2D eigenvalue weighted by Gasteiger charge is -2.11. The summed E-state index contributed by atoms with van der Waals surface area (Å²) in [6.45, 7) is 0.196. The van der Waals surface area contributed by atoms with E-state index in [-0.39, 0.29) is 17.7 Å². The van der Waals surface area contributed by atoms with Gasteiger partial charge in [0.1, 0.15) is 18.2 Å². The van der Waals surface area contributed by atoms with Gasteiger partial charge in [0.05, 0.1) is 23.4 Å². The molecule has 31 heavy (non-hydrogen) atoms. The maximum atomic E-state index is 14.0. The van der Waals surface area contributed by atoms with Crippen molar-refractivity contribution in [1.82, 2.24) is 5.43 Å². The van der Waals surface area contributed by atoms with Crippen molar-refractivity contribution in [2.45, 2.75) is 6.61 Å². The zero-order valence-corrected chi connectivity index (χ0v) is 18.8. The van der Waals surface area contributed by atoms with Crippen molar-refractivity contribution < 1.29 is 13.9 Å².